The van der Waals surface area contributed by atoms with Crippen molar-refractivity contribution in [1.29, 1.82) is 0 Å². The molecule has 2 nitrogen and oxygen atoms in total. The number of halogens is 2. The van der Waals surface area contributed by atoms with Crippen LogP contribution in [0.25, 0.3) is 0 Å². The molecule has 0 heterocycles. The molecule has 0 unspecified atom stereocenters. The molecular formula is C12H17F2NO. The fourth-order valence-corrected chi connectivity index (χ4v) is 1.34. The summed E-state index contributed by atoms with van der Waals surface area (Å²) in [7, 11) is 0. The third-order valence-electron chi connectivity index (χ3n) is 2.14. The molecule has 4 heteroatoms. The van der Waals surface area contributed by atoms with Crippen LogP contribution in [0.3, 0.4) is 0 Å². The molecule has 1 N–H and O–H groups in total. The van der Waals surface area contributed by atoms with Gasteiger partial charge in [0, 0.05) is 18.5 Å². The van der Waals surface area contributed by atoms with Crippen molar-refractivity contribution in [3.05, 3.63) is 29.6 Å². The minimum atomic E-state index is -0.447. The molecule has 0 saturated carbocycles. The first-order valence-corrected chi connectivity index (χ1v) is 5.46. The van der Waals surface area contributed by atoms with Gasteiger partial charge in [-0.3, -0.25) is 4.39 Å². The maximum Gasteiger partial charge on any atom is 0.165 e. The van der Waals surface area contributed by atoms with Crippen molar-refractivity contribution in [2.75, 3.05) is 19.8 Å². The van der Waals surface area contributed by atoms with Crippen LogP contribution in [0.2, 0.25) is 0 Å². The Balaban J connectivity index is 2.69. The van der Waals surface area contributed by atoms with Gasteiger partial charge in [-0.2, -0.15) is 0 Å². The van der Waals surface area contributed by atoms with Gasteiger partial charge in [-0.1, -0.05) is 19.1 Å². The second kappa shape index (κ2) is 7.17. The van der Waals surface area contributed by atoms with Crippen LogP contribution in [-0.4, -0.2) is 19.8 Å². The van der Waals surface area contributed by atoms with Gasteiger partial charge in [-0.05, 0) is 12.6 Å². The van der Waals surface area contributed by atoms with E-state index in [-0.39, 0.29) is 18.8 Å². The molecule has 0 bridgehead atoms. The molecule has 1 aromatic carbocycles. The number of para-hydroxylation sites is 1. The molecule has 90 valence electrons. The maximum atomic E-state index is 13.5. The Morgan fingerprint density at radius 3 is 2.88 bits per heavy atom. The highest BCUT2D eigenvalue weighted by Gasteiger charge is 2.08. The number of alkyl halides is 1. The standard InChI is InChI=1S/C12H17F2NO/c1-2-15-9-10-5-3-6-11(14)12(10)16-8-4-7-13/h3,5-6,15H,2,4,7-9H2,1H3. The molecule has 0 aliphatic heterocycles. The minimum Gasteiger partial charge on any atom is -0.490 e. The Labute approximate surface area is 94.6 Å². The van der Waals surface area contributed by atoms with Gasteiger partial charge in [0.1, 0.15) is 0 Å². The largest absolute Gasteiger partial charge is 0.490 e. The fraction of sp³-hybridized carbons (Fsp3) is 0.500. The smallest absolute Gasteiger partial charge is 0.165 e. The first-order valence-electron chi connectivity index (χ1n) is 5.46. The van der Waals surface area contributed by atoms with Crippen molar-refractivity contribution in [1.82, 2.24) is 5.32 Å². The van der Waals surface area contributed by atoms with Crippen LogP contribution in [-0.2, 0) is 6.54 Å². The van der Waals surface area contributed by atoms with Gasteiger partial charge in [-0.25, -0.2) is 4.39 Å². The van der Waals surface area contributed by atoms with E-state index in [9.17, 15) is 8.78 Å². The molecule has 0 atom stereocenters. The highest BCUT2D eigenvalue weighted by molar-refractivity contribution is 5.34. The summed E-state index contributed by atoms with van der Waals surface area (Å²) >= 11 is 0. The SMILES string of the molecule is CCNCc1cccc(F)c1OCCCF. The monoisotopic (exact) mass is 229 g/mol. The van der Waals surface area contributed by atoms with Crippen molar-refractivity contribution in [3.8, 4) is 5.75 Å². The van der Waals surface area contributed by atoms with Gasteiger partial charge < -0.3 is 10.1 Å². The topological polar surface area (TPSA) is 21.3 Å². The third-order valence-corrected chi connectivity index (χ3v) is 2.14. The maximum absolute atomic E-state index is 13.5. The van der Waals surface area contributed by atoms with E-state index in [1.165, 1.54) is 6.07 Å². The Morgan fingerprint density at radius 1 is 1.38 bits per heavy atom. The van der Waals surface area contributed by atoms with Gasteiger partial charge in [0.2, 0.25) is 0 Å². The van der Waals surface area contributed by atoms with E-state index in [1.807, 2.05) is 6.92 Å². The fourth-order valence-electron chi connectivity index (χ4n) is 1.34. The molecule has 0 aliphatic carbocycles. The summed E-state index contributed by atoms with van der Waals surface area (Å²) in [6.45, 7) is 3.09. The average Bonchev–Trinajstić information content (AvgIpc) is 2.29. The van der Waals surface area contributed by atoms with Crippen LogP contribution in [0.5, 0.6) is 5.75 Å². The van der Waals surface area contributed by atoms with Crippen LogP contribution < -0.4 is 10.1 Å². The number of nitrogens with one attached hydrogen (secondary N) is 1. The normalized spacial score (nSPS) is 10.4. The Bertz CT molecular complexity index is 318. The van der Waals surface area contributed by atoms with E-state index >= 15 is 0 Å². The number of hydrogen-bond acceptors (Lipinski definition) is 2. The van der Waals surface area contributed by atoms with E-state index < -0.39 is 12.5 Å². The zero-order valence-corrected chi connectivity index (χ0v) is 9.43. The lowest BCUT2D eigenvalue weighted by atomic mass is 10.2. The molecule has 1 rings (SSSR count). The Kier molecular flexibility index (Phi) is 5.78. The Morgan fingerprint density at radius 2 is 2.19 bits per heavy atom. The number of hydrogen-bond donors (Lipinski definition) is 1. The molecule has 0 radical (unpaired) electrons. The molecule has 0 fully saturated rings. The highest BCUT2D eigenvalue weighted by Crippen LogP contribution is 2.22. The Hall–Kier alpha value is -1.16. The lowest BCUT2D eigenvalue weighted by Crippen LogP contribution is -2.13. The quantitative estimate of drug-likeness (QED) is 0.726. The summed E-state index contributed by atoms with van der Waals surface area (Å²) in [6.07, 6.45) is 0.287. The van der Waals surface area contributed by atoms with Crippen molar-refractivity contribution >= 4 is 0 Å². The van der Waals surface area contributed by atoms with Gasteiger partial charge >= 0.3 is 0 Å². The van der Waals surface area contributed by atoms with Crippen molar-refractivity contribution in [2.24, 2.45) is 0 Å². The van der Waals surface area contributed by atoms with E-state index in [1.54, 1.807) is 12.1 Å². The minimum absolute atomic E-state index is 0.205. The molecule has 0 amide bonds. The third kappa shape index (κ3) is 3.77. The predicted molar refractivity (Wildman–Crippen MR) is 59.9 cm³/mol. The summed E-state index contributed by atoms with van der Waals surface area (Å²) in [6, 6.07) is 4.79. The number of ether oxygens (including phenoxy) is 1. The zero-order valence-electron chi connectivity index (χ0n) is 9.43. The number of rotatable bonds is 7. The molecule has 0 aliphatic rings. The molecule has 16 heavy (non-hydrogen) atoms. The summed E-state index contributed by atoms with van der Waals surface area (Å²) in [5, 5.41) is 3.10. The second-order valence-electron chi connectivity index (χ2n) is 3.40. The summed E-state index contributed by atoms with van der Waals surface area (Å²) in [5.74, 6) is -0.161. The van der Waals surface area contributed by atoms with Crippen LogP contribution in [0, 0.1) is 5.82 Å². The van der Waals surface area contributed by atoms with E-state index in [2.05, 4.69) is 5.32 Å². The average molecular weight is 229 g/mol. The molecular weight excluding hydrogens is 212 g/mol. The van der Waals surface area contributed by atoms with Gasteiger partial charge in [0.15, 0.2) is 11.6 Å². The lowest BCUT2D eigenvalue weighted by Gasteiger charge is -2.12. The lowest BCUT2D eigenvalue weighted by molar-refractivity contribution is 0.274. The summed E-state index contributed by atoms with van der Waals surface area (Å²) in [4.78, 5) is 0. The number of benzene rings is 1. The summed E-state index contributed by atoms with van der Waals surface area (Å²) < 4.78 is 30.6. The first kappa shape index (κ1) is 12.9. The molecule has 1 aromatic rings. The van der Waals surface area contributed by atoms with Crippen LogP contribution in [0.15, 0.2) is 18.2 Å². The zero-order chi connectivity index (χ0) is 11.8. The van der Waals surface area contributed by atoms with E-state index in [4.69, 9.17) is 4.74 Å². The molecule has 0 spiro atoms. The second-order valence-corrected chi connectivity index (χ2v) is 3.40. The molecule has 0 saturated heterocycles. The van der Waals surface area contributed by atoms with Crippen LogP contribution in [0.1, 0.15) is 18.9 Å². The van der Waals surface area contributed by atoms with Gasteiger partial charge in [0.25, 0.3) is 0 Å². The van der Waals surface area contributed by atoms with Gasteiger partial charge in [0.05, 0.1) is 13.3 Å². The van der Waals surface area contributed by atoms with E-state index in [0.29, 0.717) is 6.54 Å². The predicted octanol–water partition coefficient (Wildman–Crippen LogP) is 2.67. The van der Waals surface area contributed by atoms with Gasteiger partial charge in [-0.15, -0.1) is 0 Å². The van der Waals surface area contributed by atoms with E-state index in [0.717, 1.165) is 12.1 Å². The summed E-state index contributed by atoms with van der Waals surface area (Å²) in [5.41, 5.74) is 0.765. The first-order chi connectivity index (χ1) is 7.79. The molecule has 0 aromatic heterocycles. The van der Waals surface area contributed by atoms with Crippen LogP contribution in [0.4, 0.5) is 8.78 Å². The van der Waals surface area contributed by atoms with Crippen molar-refractivity contribution < 1.29 is 13.5 Å². The van der Waals surface area contributed by atoms with Crippen molar-refractivity contribution in [3.63, 3.8) is 0 Å². The van der Waals surface area contributed by atoms with Crippen LogP contribution >= 0.6 is 0 Å². The van der Waals surface area contributed by atoms with Crippen molar-refractivity contribution in [2.45, 2.75) is 19.9 Å². The highest BCUT2D eigenvalue weighted by atomic mass is 19.1.